The highest BCUT2D eigenvalue weighted by Gasteiger charge is 2.33. The number of benzene rings is 2. The number of nitrogens with two attached hydrogens (primary N) is 2. The molecule has 0 aromatic heterocycles. The van der Waals surface area contributed by atoms with Crippen LogP contribution in [0.15, 0.2) is 53.6 Å². The maximum absolute atomic E-state index is 13.7. The number of hydrogen-bond donors (Lipinski definition) is 2. The van der Waals surface area contributed by atoms with Crippen LogP contribution in [0.5, 0.6) is 0 Å². The third-order valence-electron chi connectivity index (χ3n) is 7.67. The van der Waals surface area contributed by atoms with E-state index in [1.807, 2.05) is 35.2 Å². The maximum Gasteiger partial charge on any atom is 0.234 e. The smallest absolute Gasteiger partial charge is 0.234 e. The number of amides is 1. The van der Waals surface area contributed by atoms with Gasteiger partial charge in [-0.3, -0.25) is 9.69 Å². The van der Waals surface area contributed by atoms with Crippen molar-refractivity contribution in [3.05, 3.63) is 65.2 Å². The number of anilines is 1. The lowest BCUT2D eigenvalue weighted by Gasteiger charge is -2.39. The number of rotatable bonds is 8. The van der Waals surface area contributed by atoms with Crippen LogP contribution in [0.1, 0.15) is 75.0 Å². The summed E-state index contributed by atoms with van der Waals surface area (Å²) >= 11 is 0. The van der Waals surface area contributed by atoms with Crippen LogP contribution in [0, 0.1) is 0 Å². The number of unbranched alkanes of at least 4 members (excludes halogenated alkanes) is 2. The molecule has 0 aliphatic carbocycles. The Morgan fingerprint density at radius 1 is 1.00 bits per heavy atom. The summed E-state index contributed by atoms with van der Waals surface area (Å²) in [5.41, 5.74) is 9.91. The van der Waals surface area contributed by atoms with Crippen LogP contribution in [-0.4, -0.2) is 41.8 Å². The second-order valence-electron chi connectivity index (χ2n) is 9.94. The highest BCUT2D eigenvalue weighted by atomic mass is 16.2. The van der Waals surface area contributed by atoms with Crippen LogP contribution in [0.3, 0.4) is 0 Å². The monoisotopic (exact) mass is 461 g/mol. The first-order valence-corrected chi connectivity index (χ1v) is 12.8. The molecule has 6 nitrogen and oxygen atoms in total. The Kier molecular flexibility index (Phi) is 7.88. The number of nitrogens with zero attached hydrogens (tertiary/aromatic N) is 3. The fraction of sp³-hybridized carbons (Fsp3) is 0.500. The minimum absolute atomic E-state index is 0.164. The molecule has 2 aromatic rings. The molecule has 2 heterocycles. The Bertz CT molecular complexity index is 1010. The van der Waals surface area contributed by atoms with E-state index >= 15 is 0 Å². The number of hydrogen-bond acceptors (Lipinski definition) is 4. The van der Waals surface area contributed by atoms with Gasteiger partial charge >= 0.3 is 0 Å². The number of piperidine rings is 1. The van der Waals surface area contributed by atoms with E-state index in [9.17, 15) is 4.79 Å². The molecule has 1 amide bonds. The molecule has 3 atom stereocenters. The Morgan fingerprint density at radius 3 is 2.50 bits per heavy atom. The normalized spacial score (nSPS) is 23.7. The summed E-state index contributed by atoms with van der Waals surface area (Å²) in [7, 11) is 0. The van der Waals surface area contributed by atoms with Crippen molar-refractivity contribution in [2.75, 3.05) is 18.0 Å². The molecule has 182 valence electrons. The molecule has 0 bridgehead atoms. The van der Waals surface area contributed by atoms with Crippen molar-refractivity contribution in [2.24, 2.45) is 16.7 Å². The van der Waals surface area contributed by atoms with Gasteiger partial charge in [0.05, 0.1) is 5.92 Å². The molecule has 1 fully saturated rings. The van der Waals surface area contributed by atoms with Gasteiger partial charge in [-0.1, -0.05) is 49.2 Å². The first-order chi connectivity index (χ1) is 16.5. The predicted octanol–water partition coefficient (Wildman–Crippen LogP) is 4.37. The summed E-state index contributed by atoms with van der Waals surface area (Å²) in [6.45, 7) is 6.64. The SMILES string of the molecule is C[C@@H]1CCC[C@H](C)N1CCCCCN1C(=O)C(c2cccc(/C(N)=N\N)c2)Cc2ccccc21. The highest BCUT2D eigenvalue weighted by molar-refractivity contribution is 6.02. The molecule has 1 unspecified atom stereocenters. The van der Waals surface area contributed by atoms with Crippen LogP contribution in [0.2, 0.25) is 0 Å². The Labute approximate surface area is 204 Å². The van der Waals surface area contributed by atoms with Crippen LogP contribution in [0.4, 0.5) is 5.69 Å². The third kappa shape index (κ3) is 5.27. The lowest BCUT2D eigenvalue weighted by molar-refractivity contribution is -0.120. The van der Waals surface area contributed by atoms with Crippen LogP contribution in [0.25, 0.3) is 0 Å². The van der Waals surface area contributed by atoms with Crippen molar-refractivity contribution in [1.82, 2.24) is 4.90 Å². The minimum Gasteiger partial charge on any atom is -0.382 e. The van der Waals surface area contributed by atoms with Crippen molar-refractivity contribution < 1.29 is 4.79 Å². The third-order valence-corrected chi connectivity index (χ3v) is 7.67. The van der Waals surface area contributed by atoms with E-state index in [0.717, 1.165) is 42.7 Å². The maximum atomic E-state index is 13.7. The van der Waals surface area contributed by atoms with E-state index in [-0.39, 0.29) is 17.7 Å². The average molecular weight is 462 g/mol. The molecule has 2 aliphatic rings. The van der Waals surface area contributed by atoms with Gasteiger partial charge < -0.3 is 16.5 Å². The van der Waals surface area contributed by atoms with Gasteiger partial charge in [0.1, 0.15) is 5.84 Å². The Hall–Kier alpha value is -2.86. The van der Waals surface area contributed by atoms with Gasteiger partial charge in [-0.2, -0.15) is 5.10 Å². The van der Waals surface area contributed by atoms with Crippen molar-refractivity contribution in [3.8, 4) is 0 Å². The van der Waals surface area contributed by atoms with Crippen molar-refractivity contribution in [3.63, 3.8) is 0 Å². The highest BCUT2D eigenvalue weighted by Crippen LogP contribution is 2.36. The van der Waals surface area contributed by atoms with E-state index in [4.69, 9.17) is 11.6 Å². The van der Waals surface area contributed by atoms with Gasteiger partial charge in [0.2, 0.25) is 5.91 Å². The van der Waals surface area contributed by atoms with E-state index in [1.165, 1.54) is 31.2 Å². The zero-order chi connectivity index (χ0) is 24.1. The Morgan fingerprint density at radius 2 is 1.74 bits per heavy atom. The van der Waals surface area contributed by atoms with E-state index in [2.05, 4.69) is 42.0 Å². The van der Waals surface area contributed by atoms with E-state index < -0.39 is 0 Å². The molecule has 4 rings (SSSR count). The summed E-state index contributed by atoms with van der Waals surface area (Å²) in [5, 5.41) is 3.61. The van der Waals surface area contributed by atoms with Crippen LogP contribution >= 0.6 is 0 Å². The summed E-state index contributed by atoms with van der Waals surface area (Å²) in [6, 6.07) is 17.4. The van der Waals surface area contributed by atoms with Gasteiger partial charge in [-0.15, -0.1) is 0 Å². The number of fused-ring (bicyclic) bond motifs is 1. The summed E-state index contributed by atoms with van der Waals surface area (Å²) in [5.74, 6) is 5.59. The first kappa shape index (κ1) is 24.3. The molecule has 6 heteroatoms. The van der Waals surface area contributed by atoms with Gasteiger partial charge in [0.15, 0.2) is 0 Å². The molecule has 0 saturated carbocycles. The number of para-hydroxylation sites is 1. The van der Waals surface area contributed by atoms with Crippen LogP contribution in [-0.2, 0) is 11.2 Å². The van der Waals surface area contributed by atoms with Crippen molar-refractivity contribution in [2.45, 2.75) is 76.8 Å². The predicted molar refractivity (Wildman–Crippen MR) is 140 cm³/mol. The van der Waals surface area contributed by atoms with Crippen molar-refractivity contribution in [1.29, 1.82) is 0 Å². The molecule has 34 heavy (non-hydrogen) atoms. The molecular formula is C28H39N5O. The molecule has 2 aromatic carbocycles. The molecular weight excluding hydrogens is 422 g/mol. The molecule has 1 saturated heterocycles. The van der Waals surface area contributed by atoms with Gasteiger partial charge in [-0.25, -0.2) is 0 Å². The molecule has 0 radical (unpaired) electrons. The number of carbonyl (C=O) groups excluding carboxylic acids is 1. The second kappa shape index (κ2) is 11.0. The number of amidine groups is 1. The topological polar surface area (TPSA) is 88.0 Å². The lowest BCUT2D eigenvalue weighted by Crippen LogP contribution is -2.44. The van der Waals surface area contributed by atoms with Crippen molar-refractivity contribution >= 4 is 17.4 Å². The fourth-order valence-electron chi connectivity index (χ4n) is 5.70. The minimum atomic E-state index is -0.226. The molecule has 2 aliphatic heterocycles. The number of hydrazone groups is 1. The quantitative estimate of drug-likeness (QED) is 0.201. The summed E-state index contributed by atoms with van der Waals surface area (Å²) in [4.78, 5) is 18.3. The molecule has 0 spiro atoms. The lowest BCUT2D eigenvalue weighted by atomic mass is 9.85. The number of likely N-dealkylation sites (tertiary alicyclic amines) is 1. The first-order valence-electron chi connectivity index (χ1n) is 12.8. The van der Waals surface area contributed by atoms with Crippen LogP contribution < -0.4 is 16.5 Å². The van der Waals surface area contributed by atoms with Gasteiger partial charge in [0, 0.05) is 29.9 Å². The Balaban J connectivity index is 1.43. The standard InChI is InChI=1S/C28H39N5O/c1-20-10-8-11-21(2)32(20)16-6-3-7-17-33-26-15-5-4-12-23(26)19-25(28(33)34)22-13-9-14-24(18-22)27(29)31-30/h4-5,9,12-15,18,20-21,25H,3,6-8,10-11,16-17,19,30H2,1-2H3,(H2,29,31)/t20-,21+,25?. The summed E-state index contributed by atoms with van der Waals surface area (Å²) in [6.07, 6.45) is 8.00. The van der Waals surface area contributed by atoms with Gasteiger partial charge in [0.25, 0.3) is 0 Å². The van der Waals surface area contributed by atoms with Gasteiger partial charge in [-0.05, 0) is 75.8 Å². The zero-order valence-electron chi connectivity index (χ0n) is 20.6. The second-order valence-corrected chi connectivity index (χ2v) is 9.94. The summed E-state index contributed by atoms with van der Waals surface area (Å²) < 4.78 is 0. The molecule has 4 N–H and O–H groups in total. The van der Waals surface area contributed by atoms with E-state index in [0.29, 0.717) is 18.5 Å². The largest absolute Gasteiger partial charge is 0.382 e. The fourth-order valence-corrected chi connectivity index (χ4v) is 5.70. The number of carbonyl (C=O) groups is 1. The average Bonchev–Trinajstić information content (AvgIpc) is 2.85. The zero-order valence-corrected chi connectivity index (χ0v) is 20.6. The van der Waals surface area contributed by atoms with E-state index in [1.54, 1.807) is 0 Å².